The van der Waals surface area contributed by atoms with E-state index >= 15 is 0 Å². The van der Waals surface area contributed by atoms with Gasteiger partial charge in [0.2, 0.25) is 5.16 Å². The van der Waals surface area contributed by atoms with Crippen molar-refractivity contribution in [3.05, 3.63) is 11.3 Å². The van der Waals surface area contributed by atoms with Gasteiger partial charge in [-0.1, -0.05) is 11.8 Å². The molecule has 0 atom stereocenters. The standard InChI is InChI=1S/C9H10N4OS/c1-15-9-11-8-10-7(14)5-3-2-4-6(5)13(8)12-9/h2-4H2,1H3,(H,10,11,12,14)/p-1. The van der Waals surface area contributed by atoms with Gasteiger partial charge >= 0.3 is 0 Å². The molecule has 0 aromatic carbocycles. The molecule has 1 aliphatic carbocycles. The van der Waals surface area contributed by atoms with Crippen molar-refractivity contribution in [1.82, 2.24) is 19.6 Å². The zero-order valence-electron chi connectivity index (χ0n) is 8.23. The zero-order chi connectivity index (χ0) is 10.4. The van der Waals surface area contributed by atoms with Crippen LogP contribution in [-0.4, -0.2) is 25.8 Å². The maximum absolute atomic E-state index is 11.6. The summed E-state index contributed by atoms with van der Waals surface area (Å²) in [6, 6.07) is 0. The van der Waals surface area contributed by atoms with E-state index in [0.717, 1.165) is 30.5 Å². The lowest BCUT2D eigenvalue weighted by molar-refractivity contribution is -0.275. The molecule has 78 valence electrons. The predicted molar refractivity (Wildman–Crippen MR) is 54.0 cm³/mol. The van der Waals surface area contributed by atoms with Crippen molar-refractivity contribution < 1.29 is 5.11 Å². The fourth-order valence-corrected chi connectivity index (χ4v) is 2.31. The van der Waals surface area contributed by atoms with Gasteiger partial charge in [0.15, 0.2) is 0 Å². The van der Waals surface area contributed by atoms with Crippen LogP contribution in [0.15, 0.2) is 5.16 Å². The number of thioether (sulfide) groups is 1. The van der Waals surface area contributed by atoms with Crippen LogP contribution < -0.4 is 5.11 Å². The molecule has 2 aromatic rings. The summed E-state index contributed by atoms with van der Waals surface area (Å²) in [6.45, 7) is 0. The summed E-state index contributed by atoms with van der Waals surface area (Å²) >= 11 is 1.46. The van der Waals surface area contributed by atoms with E-state index in [9.17, 15) is 5.11 Å². The van der Waals surface area contributed by atoms with Gasteiger partial charge in [-0.15, -0.1) is 5.10 Å². The highest BCUT2D eigenvalue weighted by Gasteiger charge is 2.18. The van der Waals surface area contributed by atoms with Crippen molar-refractivity contribution in [3.63, 3.8) is 0 Å². The molecule has 3 rings (SSSR count). The predicted octanol–water partition coefficient (Wildman–Crippen LogP) is 0.408. The Hall–Kier alpha value is -1.30. The average molecular weight is 221 g/mol. The van der Waals surface area contributed by atoms with Crippen LogP contribution in [0.4, 0.5) is 0 Å². The van der Waals surface area contributed by atoms with Crippen LogP contribution in [0.1, 0.15) is 17.7 Å². The summed E-state index contributed by atoms with van der Waals surface area (Å²) in [6.07, 6.45) is 4.65. The van der Waals surface area contributed by atoms with Gasteiger partial charge in [-0.2, -0.15) is 9.50 Å². The fraction of sp³-hybridized carbons (Fsp3) is 0.444. The third-order valence-electron chi connectivity index (χ3n) is 2.66. The van der Waals surface area contributed by atoms with Gasteiger partial charge in [-0.05, 0) is 37.0 Å². The first-order chi connectivity index (χ1) is 7.29. The highest BCUT2D eigenvalue weighted by Crippen LogP contribution is 2.27. The van der Waals surface area contributed by atoms with E-state index in [1.807, 2.05) is 6.26 Å². The number of aromatic nitrogens is 4. The Morgan fingerprint density at radius 3 is 3.00 bits per heavy atom. The molecule has 0 N–H and O–H groups in total. The van der Waals surface area contributed by atoms with E-state index in [-0.39, 0.29) is 5.88 Å². The smallest absolute Gasteiger partial charge is 0.252 e. The molecule has 0 saturated heterocycles. The fourth-order valence-electron chi connectivity index (χ4n) is 1.98. The van der Waals surface area contributed by atoms with Crippen LogP contribution in [0.5, 0.6) is 5.88 Å². The summed E-state index contributed by atoms with van der Waals surface area (Å²) in [7, 11) is 0. The second kappa shape index (κ2) is 3.10. The molecule has 5 nitrogen and oxygen atoms in total. The van der Waals surface area contributed by atoms with Gasteiger partial charge in [0.25, 0.3) is 5.78 Å². The average Bonchev–Trinajstić information content (AvgIpc) is 2.80. The van der Waals surface area contributed by atoms with Crippen LogP contribution in [-0.2, 0) is 12.8 Å². The topological polar surface area (TPSA) is 66.1 Å². The normalized spacial score (nSPS) is 14.7. The second-order valence-corrected chi connectivity index (χ2v) is 4.28. The summed E-state index contributed by atoms with van der Waals surface area (Å²) in [5.41, 5.74) is 1.82. The molecule has 0 amide bonds. The van der Waals surface area contributed by atoms with Crippen LogP contribution in [0.25, 0.3) is 5.78 Å². The Balaban J connectivity index is 2.35. The summed E-state index contributed by atoms with van der Waals surface area (Å²) in [5.74, 6) is 0.306. The quantitative estimate of drug-likeness (QED) is 0.652. The molecule has 0 radical (unpaired) electrons. The first-order valence-corrected chi connectivity index (χ1v) is 6.01. The highest BCUT2D eigenvalue weighted by atomic mass is 32.2. The minimum Gasteiger partial charge on any atom is -0.858 e. The molecule has 6 heteroatoms. The van der Waals surface area contributed by atoms with Crippen LogP contribution in [0, 0.1) is 0 Å². The Labute approximate surface area is 90.5 Å². The van der Waals surface area contributed by atoms with E-state index in [1.165, 1.54) is 11.8 Å². The molecular weight excluding hydrogens is 212 g/mol. The van der Waals surface area contributed by atoms with E-state index < -0.39 is 0 Å². The molecule has 0 bridgehead atoms. The lowest BCUT2D eigenvalue weighted by Crippen LogP contribution is -2.06. The highest BCUT2D eigenvalue weighted by molar-refractivity contribution is 7.98. The van der Waals surface area contributed by atoms with Gasteiger partial charge < -0.3 is 5.11 Å². The van der Waals surface area contributed by atoms with Gasteiger partial charge in [0.1, 0.15) is 0 Å². The minimum absolute atomic E-state index is 0.130. The maximum atomic E-state index is 11.6. The van der Waals surface area contributed by atoms with Crippen molar-refractivity contribution >= 4 is 17.5 Å². The Bertz CT molecular complexity index is 536. The minimum atomic E-state index is -0.130. The molecule has 0 fully saturated rings. The number of fused-ring (bicyclic) bond motifs is 3. The molecule has 2 aromatic heterocycles. The van der Waals surface area contributed by atoms with Crippen molar-refractivity contribution in [2.24, 2.45) is 0 Å². The second-order valence-electron chi connectivity index (χ2n) is 3.51. The summed E-state index contributed by atoms with van der Waals surface area (Å²) in [4.78, 5) is 8.11. The van der Waals surface area contributed by atoms with Crippen LogP contribution in [0.3, 0.4) is 0 Å². The molecule has 0 unspecified atom stereocenters. The van der Waals surface area contributed by atoms with E-state index in [0.29, 0.717) is 10.9 Å². The van der Waals surface area contributed by atoms with Crippen LogP contribution >= 0.6 is 11.8 Å². The van der Waals surface area contributed by atoms with Crippen molar-refractivity contribution in [3.8, 4) is 5.88 Å². The Morgan fingerprint density at radius 2 is 2.20 bits per heavy atom. The third-order valence-corrected chi connectivity index (χ3v) is 3.20. The number of rotatable bonds is 1. The van der Waals surface area contributed by atoms with E-state index in [4.69, 9.17) is 0 Å². The summed E-state index contributed by atoms with van der Waals surface area (Å²) in [5, 5.41) is 16.6. The van der Waals surface area contributed by atoms with Gasteiger partial charge in [0, 0.05) is 0 Å². The molecular formula is C9H9N4OS-. The van der Waals surface area contributed by atoms with Crippen molar-refractivity contribution in [2.45, 2.75) is 24.4 Å². The van der Waals surface area contributed by atoms with Gasteiger partial charge in [-0.3, -0.25) is 0 Å². The van der Waals surface area contributed by atoms with Gasteiger partial charge in [-0.25, -0.2) is 4.98 Å². The molecule has 0 spiro atoms. The number of nitrogens with zero attached hydrogens (tertiary/aromatic N) is 4. The zero-order valence-corrected chi connectivity index (χ0v) is 9.04. The molecule has 1 aliphatic rings. The van der Waals surface area contributed by atoms with E-state index in [1.54, 1.807) is 4.52 Å². The molecule has 2 heterocycles. The molecule has 0 saturated carbocycles. The molecule has 0 aliphatic heterocycles. The Kier molecular flexibility index (Phi) is 1.85. The number of hydrogen-bond acceptors (Lipinski definition) is 5. The summed E-state index contributed by atoms with van der Waals surface area (Å²) < 4.78 is 1.72. The monoisotopic (exact) mass is 221 g/mol. The SMILES string of the molecule is CSc1nc2nc([O-])c3c(n2n1)CCC3. The lowest BCUT2D eigenvalue weighted by atomic mass is 10.2. The van der Waals surface area contributed by atoms with Crippen molar-refractivity contribution in [1.29, 1.82) is 0 Å². The largest absolute Gasteiger partial charge is 0.858 e. The first-order valence-electron chi connectivity index (χ1n) is 4.79. The maximum Gasteiger partial charge on any atom is 0.252 e. The van der Waals surface area contributed by atoms with Gasteiger partial charge in [0.05, 0.1) is 5.69 Å². The third kappa shape index (κ3) is 1.21. The van der Waals surface area contributed by atoms with Crippen molar-refractivity contribution in [2.75, 3.05) is 6.26 Å². The number of hydrogen-bond donors (Lipinski definition) is 0. The number of aryl methyl sites for hydroxylation is 1. The molecule has 15 heavy (non-hydrogen) atoms. The van der Waals surface area contributed by atoms with E-state index in [2.05, 4.69) is 15.1 Å². The lowest BCUT2D eigenvalue weighted by Gasteiger charge is -2.10. The first kappa shape index (κ1) is 8.96. The van der Waals surface area contributed by atoms with Crippen LogP contribution in [0.2, 0.25) is 0 Å². The Morgan fingerprint density at radius 1 is 1.33 bits per heavy atom.